The fourth-order valence-corrected chi connectivity index (χ4v) is 2.57. The summed E-state index contributed by atoms with van der Waals surface area (Å²) in [6.45, 7) is 0.643. The number of fused-ring (bicyclic) bond motifs is 1. The van der Waals surface area contributed by atoms with Gasteiger partial charge in [0.15, 0.2) is 5.78 Å². The SMILES string of the molecule is O=C1C=C(c2ccccc2Cl)O[C@@H]2OCCC[C@@H]12. The Morgan fingerprint density at radius 1 is 1.28 bits per heavy atom. The van der Waals surface area contributed by atoms with Gasteiger partial charge in [0.2, 0.25) is 6.29 Å². The highest BCUT2D eigenvalue weighted by molar-refractivity contribution is 6.32. The van der Waals surface area contributed by atoms with E-state index in [9.17, 15) is 4.79 Å². The van der Waals surface area contributed by atoms with E-state index in [2.05, 4.69) is 0 Å². The van der Waals surface area contributed by atoms with Crippen molar-refractivity contribution in [2.24, 2.45) is 5.92 Å². The summed E-state index contributed by atoms with van der Waals surface area (Å²) in [6, 6.07) is 7.32. The minimum atomic E-state index is -0.456. The Labute approximate surface area is 110 Å². The van der Waals surface area contributed by atoms with Crippen molar-refractivity contribution in [2.45, 2.75) is 19.1 Å². The predicted octanol–water partition coefficient (Wildman–Crippen LogP) is 3.03. The molecule has 2 aliphatic heterocycles. The van der Waals surface area contributed by atoms with Gasteiger partial charge in [-0.1, -0.05) is 23.7 Å². The number of benzene rings is 1. The second-order valence-electron chi connectivity index (χ2n) is 4.50. The van der Waals surface area contributed by atoms with Gasteiger partial charge in [-0.3, -0.25) is 4.79 Å². The van der Waals surface area contributed by atoms with E-state index in [0.717, 1.165) is 18.4 Å². The molecule has 2 aliphatic rings. The molecule has 1 aromatic carbocycles. The van der Waals surface area contributed by atoms with Crippen LogP contribution in [0.5, 0.6) is 0 Å². The first-order valence-corrected chi connectivity index (χ1v) is 6.42. The van der Waals surface area contributed by atoms with Crippen LogP contribution >= 0.6 is 11.6 Å². The van der Waals surface area contributed by atoms with Gasteiger partial charge in [0, 0.05) is 11.6 Å². The third-order valence-corrected chi connectivity index (χ3v) is 3.62. The number of allylic oxidation sites excluding steroid dienone is 1. The minimum Gasteiger partial charge on any atom is -0.463 e. The average Bonchev–Trinajstić information content (AvgIpc) is 2.39. The molecule has 1 saturated heterocycles. The molecule has 2 atom stereocenters. The maximum atomic E-state index is 12.0. The van der Waals surface area contributed by atoms with Crippen LogP contribution < -0.4 is 0 Å². The van der Waals surface area contributed by atoms with Crippen molar-refractivity contribution in [1.29, 1.82) is 0 Å². The molecule has 0 amide bonds. The molecule has 0 spiro atoms. The maximum Gasteiger partial charge on any atom is 0.210 e. The largest absolute Gasteiger partial charge is 0.463 e. The highest BCUT2D eigenvalue weighted by atomic mass is 35.5. The van der Waals surface area contributed by atoms with E-state index >= 15 is 0 Å². The summed E-state index contributed by atoms with van der Waals surface area (Å²) in [4.78, 5) is 12.0. The molecule has 0 aromatic heterocycles. The number of hydrogen-bond donors (Lipinski definition) is 0. The lowest BCUT2D eigenvalue weighted by Crippen LogP contribution is -2.39. The third-order valence-electron chi connectivity index (χ3n) is 3.29. The quantitative estimate of drug-likeness (QED) is 0.782. The van der Waals surface area contributed by atoms with Crippen LogP contribution in [0.25, 0.3) is 5.76 Å². The van der Waals surface area contributed by atoms with Crippen LogP contribution in [0.3, 0.4) is 0 Å². The van der Waals surface area contributed by atoms with Gasteiger partial charge in [-0.2, -0.15) is 0 Å². The second-order valence-corrected chi connectivity index (χ2v) is 4.90. The smallest absolute Gasteiger partial charge is 0.210 e. The van der Waals surface area contributed by atoms with Crippen LogP contribution in [0.4, 0.5) is 0 Å². The van der Waals surface area contributed by atoms with Gasteiger partial charge in [0.25, 0.3) is 0 Å². The van der Waals surface area contributed by atoms with Crippen LogP contribution in [-0.2, 0) is 14.3 Å². The van der Waals surface area contributed by atoms with Gasteiger partial charge in [-0.15, -0.1) is 0 Å². The summed E-state index contributed by atoms with van der Waals surface area (Å²) in [5, 5.41) is 0.575. The van der Waals surface area contributed by atoms with Gasteiger partial charge in [-0.25, -0.2) is 0 Å². The number of ketones is 1. The molecular weight excluding hydrogens is 252 g/mol. The Morgan fingerprint density at radius 2 is 2.11 bits per heavy atom. The fourth-order valence-electron chi connectivity index (χ4n) is 2.35. The van der Waals surface area contributed by atoms with E-state index in [-0.39, 0.29) is 11.7 Å². The minimum absolute atomic E-state index is 0.0702. The van der Waals surface area contributed by atoms with E-state index in [1.807, 2.05) is 18.2 Å². The van der Waals surface area contributed by atoms with Crippen LogP contribution in [0, 0.1) is 5.92 Å². The molecule has 94 valence electrons. The van der Waals surface area contributed by atoms with Gasteiger partial charge in [0.1, 0.15) is 5.76 Å². The number of halogens is 1. The molecule has 3 nitrogen and oxygen atoms in total. The summed E-state index contributed by atoms with van der Waals surface area (Å²) in [6.07, 6.45) is 2.82. The molecule has 18 heavy (non-hydrogen) atoms. The first kappa shape index (κ1) is 11.8. The van der Waals surface area contributed by atoms with E-state index in [1.165, 1.54) is 6.08 Å². The highest BCUT2D eigenvalue weighted by Crippen LogP contribution is 2.34. The first-order valence-electron chi connectivity index (χ1n) is 6.04. The van der Waals surface area contributed by atoms with Crippen molar-refractivity contribution >= 4 is 23.1 Å². The standard InChI is InChI=1S/C14H13ClO3/c15-11-6-2-1-4-9(11)13-8-12(16)10-5-3-7-17-14(10)18-13/h1-2,4,6,8,10,14H,3,5,7H2/t10-,14-/m0/s1. The summed E-state index contributed by atoms with van der Waals surface area (Å²) in [7, 11) is 0. The third kappa shape index (κ3) is 2.04. The normalized spacial score (nSPS) is 27.2. The van der Waals surface area contributed by atoms with E-state index < -0.39 is 6.29 Å². The van der Waals surface area contributed by atoms with Crippen molar-refractivity contribution in [3.63, 3.8) is 0 Å². The summed E-state index contributed by atoms with van der Waals surface area (Å²) < 4.78 is 11.3. The summed E-state index contributed by atoms with van der Waals surface area (Å²) in [5.41, 5.74) is 0.736. The molecule has 1 aromatic rings. The zero-order valence-electron chi connectivity index (χ0n) is 9.77. The summed E-state index contributed by atoms with van der Waals surface area (Å²) in [5.74, 6) is 0.416. The molecular formula is C14H13ClO3. The molecule has 0 saturated carbocycles. The lowest BCUT2D eigenvalue weighted by atomic mass is 9.92. The number of ether oxygens (including phenoxy) is 2. The van der Waals surface area contributed by atoms with Gasteiger partial charge >= 0.3 is 0 Å². The molecule has 2 heterocycles. The molecule has 0 N–H and O–H groups in total. The Morgan fingerprint density at radius 3 is 2.94 bits per heavy atom. The predicted molar refractivity (Wildman–Crippen MR) is 68.0 cm³/mol. The number of rotatable bonds is 1. The lowest BCUT2D eigenvalue weighted by Gasteiger charge is -2.34. The Bertz CT molecular complexity index is 510. The number of carbonyl (C=O) groups is 1. The molecule has 3 rings (SSSR count). The topological polar surface area (TPSA) is 35.5 Å². The van der Waals surface area contributed by atoms with Crippen molar-refractivity contribution in [2.75, 3.05) is 6.61 Å². The number of hydrogen-bond acceptors (Lipinski definition) is 3. The second kappa shape index (κ2) is 4.75. The molecule has 0 radical (unpaired) electrons. The Hall–Kier alpha value is -1.32. The Balaban J connectivity index is 1.94. The average molecular weight is 265 g/mol. The van der Waals surface area contributed by atoms with Gasteiger partial charge in [0.05, 0.1) is 17.5 Å². The molecule has 0 bridgehead atoms. The van der Waals surface area contributed by atoms with E-state index in [1.54, 1.807) is 6.07 Å². The lowest BCUT2D eigenvalue weighted by molar-refractivity contribution is -0.169. The van der Waals surface area contributed by atoms with Crippen LogP contribution in [0.2, 0.25) is 5.02 Å². The maximum absolute atomic E-state index is 12.0. The molecule has 1 fully saturated rings. The first-order chi connectivity index (χ1) is 8.75. The van der Waals surface area contributed by atoms with Gasteiger partial charge in [-0.05, 0) is 25.0 Å². The monoisotopic (exact) mass is 264 g/mol. The van der Waals surface area contributed by atoms with Crippen molar-refractivity contribution < 1.29 is 14.3 Å². The van der Waals surface area contributed by atoms with E-state index in [4.69, 9.17) is 21.1 Å². The van der Waals surface area contributed by atoms with Gasteiger partial charge < -0.3 is 9.47 Å². The molecule has 0 aliphatic carbocycles. The fraction of sp³-hybridized carbons (Fsp3) is 0.357. The highest BCUT2D eigenvalue weighted by Gasteiger charge is 2.37. The zero-order chi connectivity index (χ0) is 12.5. The molecule has 4 heteroatoms. The zero-order valence-corrected chi connectivity index (χ0v) is 10.5. The van der Waals surface area contributed by atoms with Crippen molar-refractivity contribution in [1.82, 2.24) is 0 Å². The van der Waals surface area contributed by atoms with Crippen molar-refractivity contribution in [3.05, 3.63) is 40.9 Å². The van der Waals surface area contributed by atoms with Crippen LogP contribution in [0.15, 0.2) is 30.3 Å². The van der Waals surface area contributed by atoms with Crippen LogP contribution in [0.1, 0.15) is 18.4 Å². The number of carbonyl (C=O) groups excluding carboxylic acids is 1. The van der Waals surface area contributed by atoms with E-state index in [0.29, 0.717) is 17.4 Å². The Kier molecular flexibility index (Phi) is 3.10. The summed E-state index contributed by atoms with van der Waals surface area (Å²) >= 11 is 6.11. The molecule has 0 unspecified atom stereocenters. The van der Waals surface area contributed by atoms with Crippen molar-refractivity contribution in [3.8, 4) is 0 Å². The van der Waals surface area contributed by atoms with Crippen LogP contribution in [-0.4, -0.2) is 18.7 Å².